The first-order chi connectivity index (χ1) is 7.31. The van der Waals surface area contributed by atoms with Crippen LogP contribution in [0.2, 0.25) is 0 Å². The van der Waals surface area contributed by atoms with E-state index in [1.165, 1.54) is 6.08 Å². The molecule has 1 aliphatic rings. The van der Waals surface area contributed by atoms with Gasteiger partial charge in [0.2, 0.25) is 5.91 Å². The van der Waals surface area contributed by atoms with Crippen LogP contribution in [-0.2, 0) is 9.53 Å². The topological polar surface area (TPSA) is 58.2 Å². The van der Waals surface area contributed by atoms with Crippen molar-refractivity contribution in [3.63, 3.8) is 0 Å². The summed E-state index contributed by atoms with van der Waals surface area (Å²) in [5, 5.41) is 6.70. The zero-order valence-corrected chi connectivity index (χ0v) is 8.35. The average molecular weight is 207 g/mol. The molecule has 2 heterocycles. The molecule has 80 valence electrons. The molecule has 1 aromatic rings. The van der Waals surface area contributed by atoms with Crippen molar-refractivity contribution < 1.29 is 9.53 Å². The summed E-state index contributed by atoms with van der Waals surface area (Å²) in [4.78, 5) is 13.1. The Morgan fingerprint density at radius 2 is 2.67 bits per heavy atom. The molecule has 15 heavy (non-hydrogen) atoms. The molecule has 1 aliphatic heterocycles. The summed E-state index contributed by atoms with van der Waals surface area (Å²) >= 11 is 0. The Bertz CT molecular complexity index is 348. The van der Waals surface area contributed by atoms with Crippen molar-refractivity contribution in [1.29, 1.82) is 0 Å². The standard InChI is InChI=1S/C10H13N3O2/c1-2-10(14)13-5-6-15-9(7-13)8-3-4-11-12-8/h2-4,9H,1,5-7H2,(H,11,12). The number of nitrogens with zero attached hydrogens (tertiary/aromatic N) is 2. The van der Waals surface area contributed by atoms with Gasteiger partial charge in [-0.3, -0.25) is 9.89 Å². The fourth-order valence-electron chi connectivity index (χ4n) is 1.61. The molecular weight excluding hydrogens is 194 g/mol. The second-order valence-corrected chi connectivity index (χ2v) is 3.36. The summed E-state index contributed by atoms with van der Waals surface area (Å²) in [6, 6.07) is 1.85. The minimum absolute atomic E-state index is 0.0529. The molecule has 1 atom stereocenters. The Morgan fingerprint density at radius 1 is 1.80 bits per heavy atom. The molecule has 5 heteroatoms. The lowest BCUT2D eigenvalue weighted by Gasteiger charge is -2.31. The van der Waals surface area contributed by atoms with E-state index in [1.54, 1.807) is 11.1 Å². The zero-order valence-electron chi connectivity index (χ0n) is 8.35. The van der Waals surface area contributed by atoms with Gasteiger partial charge in [0.15, 0.2) is 0 Å². The number of aromatic amines is 1. The number of amides is 1. The van der Waals surface area contributed by atoms with Crippen LogP contribution in [0.15, 0.2) is 24.9 Å². The van der Waals surface area contributed by atoms with Gasteiger partial charge in [-0.15, -0.1) is 0 Å². The van der Waals surface area contributed by atoms with Crippen LogP contribution < -0.4 is 0 Å². The molecule has 0 saturated carbocycles. The molecule has 1 aromatic heterocycles. The van der Waals surface area contributed by atoms with E-state index < -0.39 is 0 Å². The van der Waals surface area contributed by atoms with E-state index in [1.807, 2.05) is 6.07 Å². The van der Waals surface area contributed by atoms with Crippen LogP contribution >= 0.6 is 0 Å². The molecule has 1 N–H and O–H groups in total. The fraction of sp³-hybridized carbons (Fsp3) is 0.400. The smallest absolute Gasteiger partial charge is 0.246 e. The van der Waals surface area contributed by atoms with E-state index in [4.69, 9.17) is 4.74 Å². The van der Waals surface area contributed by atoms with Crippen LogP contribution in [0.25, 0.3) is 0 Å². The van der Waals surface area contributed by atoms with Crippen LogP contribution in [0.3, 0.4) is 0 Å². The molecule has 1 saturated heterocycles. The van der Waals surface area contributed by atoms with Gasteiger partial charge < -0.3 is 9.64 Å². The first-order valence-electron chi connectivity index (χ1n) is 4.83. The Hall–Kier alpha value is -1.62. The molecule has 2 rings (SSSR count). The molecule has 0 radical (unpaired) electrons. The van der Waals surface area contributed by atoms with Crippen molar-refractivity contribution in [3.05, 3.63) is 30.6 Å². The highest BCUT2D eigenvalue weighted by atomic mass is 16.5. The number of hydrogen-bond donors (Lipinski definition) is 1. The largest absolute Gasteiger partial charge is 0.368 e. The van der Waals surface area contributed by atoms with E-state index in [0.717, 1.165) is 5.69 Å². The predicted molar refractivity (Wildman–Crippen MR) is 54.1 cm³/mol. The van der Waals surface area contributed by atoms with E-state index in [9.17, 15) is 4.79 Å². The quantitative estimate of drug-likeness (QED) is 0.718. The molecule has 0 aromatic carbocycles. The monoisotopic (exact) mass is 207 g/mol. The minimum Gasteiger partial charge on any atom is -0.368 e. The number of aromatic nitrogens is 2. The van der Waals surface area contributed by atoms with Crippen LogP contribution in [-0.4, -0.2) is 40.7 Å². The Labute approximate surface area is 87.7 Å². The fourth-order valence-corrected chi connectivity index (χ4v) is 1.61. The second-order valence-electron chi connectivity index (χ2n) is 3.36. The summed E-state index contributed by atoms with van der Waals surface area (Å²) in [7, 11) is 0. The highest BCUT2D eigenvalue weighted by Gasteiger charge is 2.24. The lowest BCUT2D eigenvalue weighted by atomic mass is 10.2. The summed E-state index contributed by atoms with van der Waals surface area (Å²) in [5.41, 5.74) is 0.900. The SMILES string of the molecule is C=CC(=O)N1CCOC(c2ccn[nH]2)C1. The molecule has 0 bridgehead atoms. The number of morpholine rings is 1. The van der Waals surface area contributed by atoms with Crippen molar-refractivity contribution in [3.8, 4) is 0 Å². The number of nitrogens with one attached hydrogen (secondary N) is 1. The normalized spacial score (nSPS) is 21.3. The van der Waals surface area contributed by atoms with Crippen molar-refractivity contribution in [2.75, 3.05) is 19.7 Å². The molecule has 1 amide bonds. The number of rotatable bonds is 2. The highest BCUT2D eigenvalue weighted by Crippen LogP contribution is 2.19. The maximum atomic E-state index is 11.4. The van der Waals surface area contributed by atoms with Gasteiger partial charge in [-0.2, -0.15) is 5.10 Å². The van der Waals surface area contributed by atoms with Crippen LogP contribution in [0, 0.1) is 0 Å². The highest BCUT2D eigenvalue weighted by molar-refractivity contribution is 5.87. The first kappa shape index (κ1) is 9.92. The molecular formula is C10H13N3O2. The summed E-state index contributed by atoms with van der Waals surface area (Å²) < 4.78 is 5.55. The Balaban J connectivity index is 2.04. The summed E-state index contributed by atoms with van der Waals surface area (Å²) in [6.07, 6.45) is 2.90. The Morgan fingerprint density at radius 3 is 3.33 bits per heavy atom. The molecule has 1 fully saturated rings. The van der Waals surface area contributed by atoms with Crippen LogP contribution in [0.4, 0.5) is 0 Å². The minimum atomic E-state index is -0.106. The van der Waals surface area contributed by atoms with Gasteiger partial charge in [0.05, 0.1) is 18.8 Å². The van der Waals surface area contributed by atoms with Gasteiger partial charge in [0.1, 0.15) is 6.10 Å². The lowest BCUT2D eigenvalue weighted by Crippen LogP contribution is -2.41. The van der Waals surface area contributed by atoms with Gasteiger partial charge in [0, 0.05) is 12.7 Å². The van der Waals surface area contributed by atoms with E-state index in [0.29, 0.717) is 19.7 Å². The molecule has 0 aliphatic carbocycles. The molecule has 1 unspecified atom stereocenters. The van der Waals surface area contributed by atoms with E-state index in [2.05, 4.69) is 16.8 Å². The Kier molecular flexibility index (Phi) is 2.82. The van der Waals surface area contributed by atoms with E-state index in [-0.39, 0.29) is 12.0 Å². The number of H-pyrrole nitrogens is 1. The van der Waals surface area contributed by atoms with Crippen LogP contribution in [0.1, 0.15) is 11.8 Å². The van der Waals surface area contributed by atoms with Crippen molar-refractivity contribution in [2.24, 2.45) is 0 Å². The number of carbonyl (C=O) groups excluding carboxylic acids is 1. The third-order valence-electron chi connectivity index (χ3n) is 2.42. The van der Waals surface area contributed by atoms with E-state index >= 15 is 0 Å². The maximum absolute atomic E-state index is 11.4. The maximum Gasteiger partial charge on any atom is 0.246 e. The van der Waals surface area contributed by atoms with Gasteiger partial charge in [0.25, 0.3) is 0 Å². The van der Waals surface area contributed by atoms with Gasteiger partial charge in [-0.25, -0.2) is 0 Å². The number of hydrogen-bond acceptors (Lipinski definition) is 3. The molecule has 5 nitrogen and oxygen atoms in total. The van der Waals surface area contributed by atoms with Gasteiger partial charge >= 0.3 is 0 Å². The predicted octanol–water partition coefficient (Wildman–Crippen LogP) is 0.496. The second kappa shape index (κ2) is 4.27. The van der Waals surface area contributed by atoms with Gasteiger partial charge in [-0.1, -0.05) is 6.58 Å². The zero-order chi connectivity index (χ0) is 10.7. The van der Waals surface area contributed by atoms with Crippen molar-refractivity contribution >= 4 is 5.91 Å². The summed E-state index contributed by atoms with van der Waals surface area (Å²) in [5.74, 6) is -0.0529. The lowest BCUT2D eigenvalue weighted by molar-refractivity contribution is -0.133. The molecule has 0 spiro atoms. The van der Waals surface area contributed by atoms with Gasteiger partial charge in [-0.05, 0) is 12.1 Å². The van der Waals surface area contributed by atoms with Crippen LogP contribution in [0.5, 0.6) is 0 Å². The average Bonchev–Trinajstić information content (AvgIpc) is 2.82. The number of carbonyl (C=O) groups is 1. The first-order valence-corrected chi connectivity index (χ1v) is 4.83. The number of ether oxygens (including phenoxy) is 1. The third kappa shape index (κ3) is 2.07. The summed E-state index contributed by atoms with van der Waals surface area (Å²) in [6.45, 7) is 5.19. The van der Waals surface area contributed by atoms with Crippen molar-refractivity contribution in [2.45, 2.75) is 6.10 Å². The van der Waals surface area contributed by atoms with Crippen molar-refractivity contribution in [1.82, 2.24) is 15.1 Å². The third-order valence-corrected chi connectivity index (χ3v) is 2.42.